The summed E-state index contributed by atoms with van der Waals surface area (Å²) in [6.45, 7) is 13.0. The minimum Gasteiger partial charge on any atom is -0.343 e. The van der Waals surface area contributed by atoms with Crippen molar-refractivity contribution in [3.05, 3.63) is 35.4 Å². The van der Waals surface area contributed by atoms with E-state index in [-0.39, 0.29) is 36.0 Å². The quantitative estimate of drug-likeness (QED) is 0.594. The van der Waals surface area contributed by atoms with Gasteiger partial charge in [0.15, 0.2) is 0 Å². The average Bonchev–Trinajstić information content (AvgIpc) is 2.77. The molecular formula is C25H38N4O4. The smallest absolute Gasteiger partial charge is 0.251 e. The fourth-order valence-electron chi connectivity index (χ4n) is 4.10. The van der Waals surface area contributed by atoms with Gasteiger partial charge in [-0.1, -0.05) is 19.9 Å². The molecule has 4 amide bonds. The van der Waals surface area contributed by atoms with Crippen molar-refractivity contribution >= 4 is 23.6 Å². The van der Waals surface area contributed by atoms with Crippen molar-refractivity contribution < 1.29 is 19.2 Å². The summed E-state index contributed by atoms with van der Waals surface area (Å²) < 4.78 is 0. The Hall–Kier alpha value is -2.90. The van der Waals surface area contributed by atoms with Crippen LogP contribution in [-0.4, -0.2) is 71.2 Å². The van der Waals surface area contributed by atoms with Crippen molar-refractivity contribution in [1.82, 2.24) is 20.4 Å². The van der Waals surface area contributed by atoms with Crippen LogP contribution < -0.4 is 10.6 Å². The molecule has 0 aliphatic carbocycles. The zero-order chi connectivity index (χ0) is 24.7. The molecule has 1 aromatic carbocycles. The predicted octanol–water partition coefficient (Wildman–Crippen LogP) is 2.44. The van der Waals surface area contributed by atoms with E-state index in [1.807, 2.05) is 41.5 Å². The van der Waals surface area contributed by atoms with E-state index in [9.17, 15) is 19.2 Å². The van der Waals surface area contributed by atoms with Gasteiger partial charge in [-0.3, -0.25) is 19.2 Å². The molecule has 1 saturated heterocycles. The number of amides is 4. The van der Waals surface area contributed by atoms with Crippen molar-refractivity contribution in [2.75, 3.05) is 19.6 Å². The van der Waals surface area contributed by atoms with Crippen LogP contribution in [0.5, 0.6) is 0 Å². The molecule has 2 rings (SSSR count). The van der Waals surface area contributed by atoms with Gasteiger partial charge in [0, 0.05) is 36.3 Å². The largest absolute Gasteiger partial charge is 0.343 e. The Balaban J connectivity index is 2.00. The highest BCUT2D eigenvalue weighted by molar-refractivity contribution is 6.02. The van der Waals surface area contributed by atoms with Crippen LogP contribution in [-0.2, 0) is 9.59 Å². The number of benzene rings is 1. The molecule has 0 saturated carbocycles. The van der Waals surface area contributed by atoms with Gasteiger partial charge in [-0.25, -0.2) is 0 Å². The lowest BCUT2D eigenvalue weighted by Crippen LogP contribution is -2.55. The topological polar surface area (TPSA) is 98.8 Å². The van der Waals surface area contributed by atoms with Gasteiger partial charge in [-0.15, -0.1) is 0 Å². The third kappa shape index (κ3) is 7.04. The third-order valence-electron chi connectivity index (χ3n) is 5.93. The fraction of sp³-hybridized carbons (Fsp3) is 0.600. The molecule has 1 heterocycles. The molecular weight excluding hydrogens is 420 g/mol. The van der Waals surface area contributed by atoms with Crippen molar-refractivity contribution in [2.45, 2.75) is 72.5 Å². The Morgan fingerprint density at radius 3 is 2.30 bits per heavy atom. The molecule has 1 aromatic rings. The summed E-state index contributed by atoms with van der Waals surface area (Å²) in [5, 5.41) is 5.47. The molecule has 0 radical (unpaired) electrons. The number of hydrogen-bond acceptors (Lipinski definition) is 4. The van der Waals surface area contributed by atoms with Gasteiger partial charge in [0.1, 0.15) is 6.04 Å². The summed E-state index contributed by atoms with van der Waals surface area (Å²) in [4.78, 5) is 54.1. The predicted molar refractivity (Wildman–Crippen MR) is 128 cm³/mol. The number of piperidine rings is 1. The van der Waals surface area contributed by atoms with E-state index in [1.165, 1.54) is 6.07 Å². The lowest BCUT2D eigenvalue weighted by molar-refractivity contribution is -0.138. The molecule has 0 aromatic heterocycles. The molecule has 0 spiro atoms. The molecule has 2 atom stereocenters. The molecule has 182 valence electrons. The van der Waals surface area contributed by atoms with Crippen molar-refractivity contribution in [1.29, 1.82) is 0 Å². The molecule has 8 nitrogen and oxygen atoms in total. The molecule has 1 fully saturated rings. The summed E-state index contributed by atoms with van der Waals surface area (Å²) >= 11 is 0. The number of carbonyl (C=O) groups is 4. The lowest BCUT2D eigenvalue weighted by atomic mass is 9.98. The van der Waals surface area contributed by atoms with Gasteiger partial charge >= 0.3 is 0 Å². The third-order valence-corrected chi connectivity index (χ3v) is 5.93. The Morgan fingerprint density at radius 1 is 1.09 bits per heavy atom. The molecule has 8 heteroatoms. The van der Waals surface area contributed by atoms with Crippen molar-refractivity contribution in [3.63, 3.8) is 0 Å². The summed E-state index contributed by atoms with van der Waals surface area (Å²) in [6, 6.07) is 5.94. The number of nitrogens with one attached hydrogen (secondary N) is 2. The minimum absolute atomic E-state index is 0.0398. The van der Waals surface area contributed by atoms with Crippen LogP contribution in [0.2, 0.25) is 0 Å². The molecule has 1 aliphatic heterocycles. The highest BCUT2D eigenvalue weighted by atomic mass is 16.2. The maximum absolute atomic E-state index is 12.8. The van der Waals surface area contributed by atoms with E-state index in [1.54, 1.807) is 28.0 Å². The van der Waals surface area contributed by atoms with E-state index >= 15 is 0 Å². The zero-order valence-electron chi connectivity index (χ0n) is 20.7. The van der Waals surface area contributed by atoms with Crippen LogP contribution >= 0.6 is 0 Å². The Labute approximate surface area is 197 Å². The van der Waals surface area contributed by atoms with E-state index in [0.717, 1.165) is 6.42 Å². The van der Waals surface area contributed by atoms with Crippen LogP contribution in [0.1, 0.15) is 75.1 Å². The Morgan fingerprint density at radius 2 is 1.73 bits per heavy atom. The van der Waals surface area contributed by atoms with Gasteiger partial charge < -0.3 is 20.4 Å². The average molecular weight is 459 g/mol. The number of likely N-dealkylation sites (tertiary alicyclic amines) is 1. The Bertz CT molecular complexity index is 868. The van der Waals surface area contributed by atoms with Gasteiger partial charge in [0.25, 0.3) is 11.8 Å². The molecule has 33 heavy (non-hydrogen) atoms. The second-order valence-electron chi connectivity index (χ2n) is 9.37. The monoisotopic (exact) mass is 458 g/mol. The first kappa shape index (κ1) is 26.4. The number of rotatable bonds is 9. The molecule has 1 aliphatic rings. The fourth-order valence-corrected chi connectivity index (χ4v) is 4.10. The summed E-state index contributed by atoms with van der Waals surface area (Å²) in [7, 11) is 0. The first-order chi connectivity index (χ1) is 15.5. The normalized spacial score (nSPS) is 18.4. The zero-order valence-corrected chi connectivity index (χ0v) is 20.7. The summed E-state index contributed by atoms with van der Waals surface area (Å²) in [5.41, 5.74) is 0.584. The number of hydrogen-bond donors (Lipinski definition) is 2. The summed E-state index contributed by atoms with van der Waals surface area (Å²) in [5.74, 6) is -0.718. The summed E-state index contributed by atoms with van der Waals surface area (Å²) in [6.07, 6.45) is 1.42. The van der Waals surface area contributed by atoms with Crippen molar-refractivity contribution in [2.24, 2.45) is 5.92 Å². The van der Waals surface area contributed by atoms with Gasteiger partial charge in [0.05, 0.1) is 6.54 Å². The van der Waals surface area contributed by atoms with E-state index in [4.69, 9.17) is 0 Å². The standard InChI is InChI=1S/C25H38N4O4/c1-7-28-18(6)11-12-21(25(28)33)27-24(32)20-10-8-9-19(13-20)23(31)26-14-22(30)29(17(4)5)15-16(2)3/h8-10,13,16-18,21H,7,11-12,14-15H2,1-6H3,(H,26,31)(H,27,32). The first-order valence-electron chi connectivity index (χ1n) is 11.8. The molecule has 2 N–H and O–H groups in total. The number of likely N-dealkylation sites (N-methyl/N-ethyl adjacent to an activating group) is 1. The highest BCUT2D eigenvalue weighted by Gasteiger charge is 2.33. The minimum atomic E-state index is -0.563. The number of nitrogens with zero attached hydrogens (tertiary/aromatic N) is 2. The molecule has 2 unspecified atom stereocenters. The van der Waals surface area contributed by atoms with Crippen LogP contribution in [0, 0.1) is 5.92 Å². The number of carbonyl (C=O) groups excluding carboxylic acids is 4. The Kier molecular flexibility index (Phi) is 9.44. The second kappa shape index (κ2) is 11.8. The van der Waals surface area contributed by atoms with Crippen LogP contribution in [0.3, 0.4) is 0 Å². The second-order valence-corrected chi connectivity index (χ2v) is 9.37. The van der Waals surface area contributed by atoms with Crippen molar-refractivity contribution in [3.8, 4) is 0 Å². The van der Waals surface area contributed by atoms with Gasteiger partial charge in [0.2, 0.25) is 11.8 Å². The van der Waals surface area contributed by atoms with E-state index in [0.29, 0.717) is 31.0 Å². The van der Waals surface area contributed by atoms with Gasteiger partial charge in [-0.05, 0) is 64.7 Å². The highest BCUT2D eigenvalue weighted by Crippen LogP contribution is 2.18. The maximum atomic E-state index is 12.8. The maximum Gasteiger partial charge on any atom is 0.251 e. The SMILES string of the molecule is CCN1C(=O)C(NC(=O)c2cccc(C(=O)NCC(=O)N(CC(C)C)C(C)C)c2)CCC1C. The van der Waals surface area contributed by atoms with Crippen LogP contribution in [0.4, 0.5) is 0 Å². The lowest BCUT2D eigenvalue weighted by Gasteiger charge is -2.37. The van der Waals surface area contributed by atoms with E-state index in [2.05, 4.69) is 10.6 Å². The van der Waals surface area contributed by atoms with Crippen LogP contribution in [0.15, 0.2) is 24.3 Å². The van der Waals surface area contributed by atoms with Gasteiger partial charge in [-0.2, -0.15) is 0 Å². The van der Waals surface area contributed by atoms with E-state index < -0.39 is 17.9 Å². The first-order valence-corrected chi connectivity index (χ1v) is 11.8. The van der Waals surface area contributed by atoms with Crippen LogP contribution in [0.25, 0.3) is 0 Å². The molecule has 0 bridgehead atoms.